The number of nitrogens with zero attached hydrogens (tertiary/aromatic N) is 2. The smallest absolute Gasteiger partial charge is 0.375 e. The highest BCUT2D eigenvalue weighted by atomic mass is 32.2. The predicted molar refractivity (Wildman–Crippen MR) is 98.8 cm³/mol. The van der Waals surface area contributed by atoms with E-state index >= 15 is 0 Å². The van der Waals surface area contributed by atoms with Crippen LogP contribution in [0.4, 0.5) is 18.9 Å². The molecule has 1 heterocycles. The average molecular weight is 415 g/mol. The maximum absolute atomic E-state index is 12.8. The van der Waals surface area contributed by atoms with Crippen molar-refractivity contribution in [2.24, 2.45) is 0 Å². The molecule has 28 heavy (non-hydrogen) atoms. The summed E-state index contributed by atoms with van der Waals surface area (Å²) in [5.41, 5.74) is -5.11. The van der Waals surface area contributed by atoms with E-state index in [1.54, 1.807) is 0 Å². The van der Waals surface area contributed by atoms with E-state index in [1.165, 1.54) is 6.07 Å². The summed E-state index contributed by atoms with van der Waals surface area (Å²) < 4.78 is 61.5. The van der Waals surface area contributed by atoms with Crippen LogP contribution in [-0.4, -0.2) is 45.0 Å². The van der Waals surface area contributed by atoms with Gasteiger partial charge in [0.1, 0.15) is 0 Å². The zero-order chi connectivity index (χ0) is 20.8. The van der Waals surface area contributed by atoms with Crippen LogP contribution in [0.5, 0.6) is 0 Å². The number of para-hydroxylation sites is 1. The molecule has 0 radical (unpaired) electrons. The number of carbonyl (C=O) groups excluding carboxylic acids is 1. The molecule has 0 aliphatic carbocycles. The first-order chi connectivity index (χ1) is 13.1. The normalized spacial score (nSPS) is 11.9. The van der Waals surface area contributed by atoms with Crippen LogP contribution in [0, 0.1) is 0 Å². The quantitative estimate of drug-likeness (QED) is 0.671. The molecule has 0 saturated heterocycles. The summed E-state index contributed by atoms with van der Waals surface area (Å²) in [6, 6.07) is 11.9. The van der Waals surface area contributed by atoms with Crippen LogP contribution in [0.25, 0.3) is 0 Å². The number of nitrogens with one attached hydrogen (secondary N) is 1. The summed E-state index contributed by atoms with van der Waals surface area (Å²) in [5.74, 6) is -0.910. The van der Waals surface area contributed by atoms with Crippen LogP contribution in [0.3, 0.4) is 0 Å². The molecule has 0 spiro atoms. The van der Waals surface area contributed by atoms with E-state index in [4.69, 9.17) is 0 Å². The maximum Gasteiger partial charge on any atom is 0.503 e. The zero-order valence-corrected chi connectivity index (χ0v) is 15.9. The van der Waals surface area contributed by atoms with Gasteiger partial charge in [0.2, 0.25) is 0 Å². The van der Waals surface area contributed by atoms with E-state index in [0.29, 0.717) is 6.42 Å². The molecular formula is C18H20F3N3O3S. The van der Waals surface area contributed by atoms with Crippen molar-refractivity contribution in [1.82, 2.24) is 10.3 Å². The van der Waals surface area contributed by atoms with Gasteiger partial charge in [-0.1, -0.05) is 18.2 Å². The first-order valence-corrected chi connectivity index (χ1v) is 9.93. The van der Waals surface area contributed by atoms with Crippen LogP contribution in [0.2, 0.25) is 0 Å². The minimum atomic E-state index is -5.71. The molecule has 1 amide bonds. The fourth-order valence-electron chi connectivity index (χ4n) is 2.47. The predicted octanol–water partition coefficient (Wildman–Crippen LogP) is 3.02. The molecule has 152 valence electrons. The van der Waals surface area contributed by atoms with Gasteiger partial charge in [0.25, 0.3) is 15.7 Å². The van der Waals surface area contributed by atoms with Crippen molar-refractivity contribution in [1.29, 1.82) is 0 Å². The summed E-state index contributed by atoms with van der Waals surface area (Å²) in [6.45, 7) is 0.919. The zero-order valence-electron chi connectivity index (χ0n) is 15.1. The Morgan fingerprint density at radius 1 is 1.11 bits per heavy atom. The van der Waals surface area contributed by atoms with E-state index < -0.39 is 31.8 Å². The highest BCUT2D eigenvalue weighted by molar-refractivity contribution is 7.92. The van der Waals surface area contributed by atoms with Gasteiger partial charge in [-0.25, -0.2) is 13.4 Å². The third-order valence-electron chi connectivity index (χ3n) is 3.98. The van der Waals surface area contributed by atoms with E-state index in [1.807, 2.05) is 42.3 Å². The van der Waals surface area contributed by atoms with Crippen LogP contribution in [0.1, 0.15) is 23.2 Å². The second-order valence-electron chi connectivity index (χ2n) is 6.03. The number of amides is 1. The van der Waals surface area contributed by atoms with E-state index in [9.17, 15) is 26.4 Å². The fraction of sp³-hybridized carbons (Fsp3) is 0.333. The van der Waals surface area contributed by atoms with Gasteiger partial charge in [-0.3, -0.25) is 4.79 Å². The van der Waals surface area contributed by atoms with Crippen LogP contribution in [-0.2, 0) is 9.84 Å². The molecule has 2 aromatic rings. The third-order valence-corrected chi connectivity index (χ3v) is 5.42. The number of aromatic nitrogens is 1. The highest BCUT2D eigenvalue weighted by Gasteiger charge is 2.49. The Balaban J connectivity index is 1.91. The molecule has 2 rings (SSSR count). The molecule has 0 saturated carbocycles. The molecule has 10 heteroatoms. The molecule has 0 atom stereocenters. The van der Waals surface area contributed by atoms with Gasteiger partial charge in [-0.05, 0) is 37.1 Å². The van der Waals surface area contributed by atoms with Gasteiger partial charge in [0.15, 0.2) is 5.03 Å². The number of rotatable bonds is 8. The van der Waals surface area contributed by atoms with Crippen molar-refractivity contribution in [2.45, 2.75) is 23.4 Å². The monoisotopic (exact) mass is 415 g/mol. The third kappa shape index (κ3) is 5.22. The first-order valence-electron chi connectivity index (χ1n) is 8.45. The summed E-state index contributed by atoms with van der Waals surface area (Å²) in [7, 11) is -3.78. The Morgan fingerprint density at radius 3 is 2.43 bits per heavy atom. The number of anilines is 1. The lowest BCUT2D eigenvalue weighted by atomic mass is 10.2. The Labute approximate surface area is 161 Å². The van der Waals surface area contributed by atoms with Crippen molar-refractivity contribution in [3.63, 3.8) is 0 Å². The SMILES string of the molecule is CN(CCCCNC(=O)c1cccnc1S(=O)(=O)C(F)(F)F)c1ccccc1. The number of carbonyl (C=O) groups is 1. The number of pyridine rings is 1. The highest BCUT2D eigenvalue weighted by Crippen LogP contribution is 2.30. The van der Waals surface area contributed by atoms with Crippen molar-refractivity contribution in [2.75, 3.05) is 25.0 Å². The van der Waals surface area contributed by atoms with Gasteiger partial charge in [0.05, 0.1) is 5.56 Å². The molecule has 1 aromatic carbocycles. The lowest BCUT2D eigenvalue weighted by Gasteiger charge is -2.19. The standard InChI is InChI=1S/C18H20F3N3O3S/c1-24(14-8-3-2-4-9-14)13-6-5-11-22-16(25)15-10-7-12-23-17(15)28(26,27)18(19,20)21/h2-4,7-10,12H,5-6,11,13H2,1H3,(H,22,25). The summed E-state index contributed by atoms with van der Waals surface area (Å²) in [5, 5.41) is 1.16. The van der Waals surface area contributed by atoms with Gasteiger partial charge in [-0.2, -0.15) is 13.2 Å². The van der Waals surface area contributed by atoms with Crippen LogP contribution >= 0.6 is 0 Å². The van der Waals surface area contributed by atoms with Gasteiger partial charge >= 0.3 is 5.51 Å². The number of unbranched alkanes of at least 4 members (excludes halogenated alkanes) is 1. The lowest BCUT2D eigenvalue weighted by Crippen LogP contribution is -2.31. The Bertz CT molecular complexity index is 903. The Morgan fingerprint density at radius 2 is 1.79 bits per heavy atom. The van der Waals surface area contributed by atoms with E-state index in [-0.39, 0.29) is 6.54 Å². The van der Waals surface area contributed by atoms with E-state index in [0.717, 1.165) is 30.9 Å². The molecular weight excluding hydrogens is 395 g/mol. The van der Waals surface area contributed by atoms with Crippen LogP contribution < -0.4 is 10.2 Å². The Kier molecular flexibility index (Phi) is 7.00. The lowest BCUT2D eigenvalue weighted by molar-refractivity contribution is -0.0438. The second-order valence-corrected chi connectivity index (χ2v) is 7.88. The maximum atomic E-state index is 12.8. The number of hydrogen-bond acceptors (Lipinski definition) is 5. The number of benzene rings is 1. The van der Waals surface area contributed by atoms with Gasteiger partial charge < -0.3 is 10.2 Å². The molecule has 0 aliphatic rings. The van der Waals surface area contributed by atoms with Gasteiger partial charge in [0, 0.05) is 32.0 Å². The van der Waals surface area contributed by atoms with E-state index in [2.05, 4.69) is 10.3 Å². The topological polar surface area (TPSA) is 79.4 Å². The Hall–Kier alpha value is -2.62. The molecule has 0 fully saturated rings. The van der Waals surface area contributed by atoms with Crippen LogP contribution in [0.15, 0.2) is 53.7 Å². The molecule has 0 bridgehead atoms. The number of hydrogen-bond donors (Lipinski definition) is 1. The number of halogens is 3. The minimum Gasteiger partial charge on any atom is -0.375 e. The van der Waals surface area contributed by atoms with Gasteiger partial charge in [-0.15, -0.1) is 0 Å². The molecule has 0 aliphatic heterocycles. The molecule has 1 aromatic heterocycles. The molecule has 1 N–H and O–H groups in total. The van der Waals surface area contributed by atoms with Crippen molar-refractivity contribution in [3.8, 4) is 0 Å². The fourth-order valence-corrected chi connectivity index (χ4v) is 3.34. The number of sulfone groups is 1. The first kappa shape index (κ1) is 21.7. The number of alkyl halides is 3. The second kappa shape index (κ2) is 9.05. The summed E-state index contributed by atoms with van der Waals surface area (Å²) in [4.78, 5) is 17.5. The molecule has 0 unspecified atom stereocenters. The summed E-state index contributed by atoms with van der Waals surface area (Å²) >= 11 is 0. The largest absolute Gasteiger partial charge is 0.503 e. The minimum absolute atomic E-state index is 0.196. The summed E-state index contributed by atoms with van der Waals surface area (Å²) in [6.07, 6.45) is 2.20. The van der Waals surface area contributed by atoms with Crippen molar-refractivity contribution in [3.05, 3.63) is 54.2 Å². The van der Waals surface area contributed by atoms with Crippen molar-refractivity contribution >= 4 is 21.4 Å². The molecule has 6 nitrogen and oxygen atoms in total. The van der Waals surface area contributed by atoms with Crippen molar-refractivity contribution < 1.29 is 26.4 Å². The average Bonchev–Trinajstić information content (AvgIpc) is 2.67.